The van der Waals surface area contributed by atoms with Crippen molar-refractivity contribution in [2.75, 3.05) is 19.6 Å². The smallest absolute Gasteiger partial charge is 0.314 e. The predicted molar refractivity (Wildman–Crippen MR) is 124 cm³/mol. The Balaban J connectivity index is 1.64. The topological polar surface area (TPSA) is 74.2 Å². The van der Waals surface area contributed by atoms with Gasteiger partial charge in [-0.25, -0.2) is 4.79 Å². The van der Waals surface area contributed by atoms with Gasteiger partial charge in [0, 0.05) is 43.0 Å². The average molecular weight is 404 g/mol. The number of pyridine rings is 1. The number of rotatable bonds is 7. The second-order valence-electron chi connectivity index (χ2n) is 7.59. The van der Waals surface area contributed by atoms with Crippen LogP contribution in [0.5, 0.6) is 0 Å². The minimum absolute atomic E-state index is 0.0975. The first-order chi connectivity index (χ1) is 14.7. The fourth-order valence-corrected chi connectivity index (χ4v) is 3.92. The number of unbranched alkanes of at least 4 members (excludes halogenated alkanes) is 1. The summed E-state index contributed by atoms with van der Waals surface area (Å²) in [6.07, 6.45) is 2.87. The number of hydrogen-bond acceptors (Lipinski definition) is 2. The van der Waals surface area contributed by atoms with E-state index < -0.39 is 0 Å². The number of amides is 2. The van der Waals surface area contributed by atoms with E-state index in [9.17, 15) is 4.79 Å². The molecule has 0 unspecified atom stereocenters. The maximum atomic E-state index is 11.8. The molecule has 156 valence electrons. The molecular weight excluding hydrogens is 374 g/mol. The van der Waals surface area contributed by atoms with Gasteiger partial charge in [-0.3, -0.25) is 4.99 Å². The number of para-hydroxylation sites is 2. The lowest BCUT2D eigenvalue weighted by molar-refractivity contribution is 0.240. The molecule has 0 atom stereocenters. The third-order valence-electron chi connectivity index (χ3n) is 5.49. The van der Waals surface area contributed by atoms with E-state index >= 15 is 0 Å². The fraction of sp³-hybridized carbons (Fsp3) is 0.333. The van der Waals surface area contributed by atoms with Gasteiger partial charge in [0.25, 0.3) is 0 Å². The van der Waals surface area contributed by atoms with Crippen LogP contribution >= 0.6 is 0 Å². The lowest BCUT2D eigenvalue weighted by Gasteiger charge is -2.09. The van der Waals surface area contributed by atoms with Gasteiger partial charge < -0.3 is 20.2 Å². The van der Waals surface area contributed by atoms with Gasteiger partial charge in [0.1, 0.15) is 5.65 Å². The predicted octanol–water partition coefficient (Wildman–Crippen LogP) is 4.20. The number of H-pyrrole nitrogens is 1. The van der Waals surface area contributed by atoms with Crippen LogP contribution < -0.4 is 16.0 Å². The molecular formula is C24H29N5O. The Kier molecular flexibility index (Phi) is 6.02. The summed E-state index contributed by atoms with van der Waals surface area (Å²) in [7, 11) is 2.09. The van der Waals surface area contributed by atoms with Crippen molar-refractivity contribution in [3.8, 4) is 0 Å². The second-order valence-corrected chi connectivity index (χ2v) is 7.59. The first kappa shape index (κ1) is 20.0. The van der Waals surface area contributed by atoms with Crippen molar-refractivity contribution in [2.24, 2.45) is 12.0 Å². The van der Waals surface area contributed by atoms with Gasteiger partial charge >= 0.3 is 6.03 Å². The monoisotopic (exact) mass is 403 g/mol. The molecule has 0 saturated heterocycles. The minimum atomic E-state index is -0.0975. The first-order valence-corrected chi connectivity index (χ1v) is 10.7. The zero-order valence-electron chi connectivity index (χ0n) is 17.7. The van der Waals surface area contributed by atoms with Crippen LogP contribution in [0.15, 0.2) is 53.5 Å². The molecule has 0 bridgehead atoms. The molecule has 4 aromatic rings. The van der Waals surface area contributed by atoms with E-state index in [4.69, 9.17) is 4.99 Å². The van der Waals surface area contributed by atoms with E-state index in [1.807, 2.05) is 6.07 Å². The van der Waals surface area contributed by atoms with Crippen molar-refractivity contribution in [1.82, 2.24) is 20.2 Å². The van der Waals surface area contributed by atoms with Gasteiger partial charge in [0.05, 0.1) is 16.3 Å². The number of aromatic nitrogens is 2. The lowest BCUT2D eigenvalue weighted by atomic mass is 10.1. The van der Waals surface area contributed by atoms with Crippen molar-refractivity contribution in [1.29, 1.82) is 0 Å². The highest BCUT2D eigenvalue weighted by atomic mass is 16.2. The maximum Gasteiger partial charge on any atom is 0.314 e. The first-order valence-electron chi connectivity index (χ1n) is 10.7. The number of hydrogen-bond donors (Lipinski definition) is 3. The van der Waals surface area contributed by atoms with Crippen LogP contribution in [-0.2, 0) is 7.05 Å². The molecule has 2 amide bonds. The van der Waals surface area contributed by atoms with Crippen molar-refractivity contribution in [3.63, 3.8) is 0 Å². The highest BCUT2D eigenvalue weighted by Gasteiger charge is 2.12. The van der Waals surface area contributed by atoms with E-state index in [0.29, 0.717) is 13.1 Å². The normalized spacial score (nSPS) is 12.1. The van der Waals surface area contributed by atoms with Crippen molar-refractivity contribution < 1.29 is 4.79 Å². The Bertz CT molecular complexity index is 1250. The highest BCUT2D eigenvalue weighted by Crippen LogP contribution is 2.25. The summed E-state index contributed by atoms with van der Waals surface area (Å²) in [4.78, 5) is 20.3. The molecule has 6 nitrogen and oxygen atoms in total. The molecule has 0 aliphatic rings. The molecule has 0 spiro atoms. The van der Waals surface area contributed by atoms with E-state index in [0.717, 1.165) is 58.6 Å². The van der Waals surface area contributed by atoms with Crippen LogP contribution in [0.2, 0.25) is 0 Å². The summed E-state index contributed by atoms with van der Waals surface area (Å²) in [5.74, 6) is 0. The van der Waals surface area contributed by atoms with E-state index in [-0.39, 0.29) is 6.03 Å². The number of benzene rings is 2. The van der Waals surface area contributed by atoms with Crippen molar-refractivity contribution in [2.45, 2.75) is 26.2 Å². The number of aromatic amines is 1. The quantitative estimate of drug-likeness (QED) is 0.398. The largest absolute Gasteiger partial charge is 0.341 e. The Labute approximate surface area is 176 Å². The Morgan fingerprint density at radius 1 is 1.00 bits per heavy atom. The molecule has 2 aromatic carbocycles. The van der Waals surface area contributed by atoms with Crippen LogP contribution in [-0.4, -0.2) is 35.2 Å². The molecule has 0 aliphatic carbocycles. The molecule has 30 heavy (non-hydrogen) atoms. The Morgan fingerprint density at radius 3 is 2.50 bits per heavy atom. The average Bonchev–Trinajstić information content (AvgIpc) is 3.16. The molecule has 6 heteroatoms. The molecule has 2 heterocycles. The van der Waals surface area contributed by atoms with Gasteiger partial charge in [0.15, 0.2) is 0 Å². The summed E-state index contributed by atoms with van der Waals surface area (Å²) in [5.41, 5.74) is 3.33. The fourth-order valence-electron chi connectivity index (χ4n) is 3.92. The van der Waals surface area contributed by atoms with Gasteiger partial charge in [0.2, 0.25) is 0 Å². The minimum Gasteiger partial charge on any atom is -0.341 e. The number of carbonyl (C=O) groups is 1. The van der Waals surface area contributed by atoms with E-state index in [2.05, 4.69) is 76.6 Å². The Morgan fingerprint density at radius 2 is 1.70 bits per heavy atom. The maximum absolute atomic E-state index is 11.8. The molecule has 3 N–H and O–H groups in total. The number of fused-ring (bicyclic) bond motifs is 4. The van der Waals surface area contributed by atoms with Crippen molar-refractivity contribution >= 4 is 38.9 Å². The number of aryl methyl sites for hydroxylation is 1. The number of carbonyl (C=O) groups excluding carboxylic acids is 1. The standard InChI is InChI=1S/C24H29N5O/c1-3-4-14-26-24(30)27-16-9-15-25-22-18-11-6-8-13-20(18)29(2)23-21(22)17-10-5-7-12-19(17)28-23/h5-8,10-13,28H,3-4,9,14-16H2,1-2H3,(H2,26,27,30). The zero-order valence-corrected chi connectivity index (χ0v) is 17.7. The van der Waals surface area contributed by atoms with Crippen LogP contribution in [0.1, 0.15) is 26.2 Å². The number of nitrogens with one attached hydrogen (secondary N) is 3. The molecule has 0 aliphatic heterocycles. The summed E-state index contributed by atoms with van der Waals surface area (Å²) in [6, 6.07) is 16.6. The summed E-state index contributed by atoms with van der Waals surface area (Å²) >= 11 is 0. The molecule has 0 radical (unpaired) electrons. The van der Waals surface area contributed by atoms with Crippen molar-refractivity contribution in [3.05, 3.63) is 53.9 Å². The van der Waals surface area contributed by atoms with Crippen LogP contribution in [0.25, 0.3) is 32.8 Å². The number of urea groups is 1. The third-order valence-corrected chi connectivity index (χ3v) is 5.49. The SMILES string of the molecule is CCCCNC(=O)NCCCN=c1c2ccccc2n(C)c2[nH]c3ccccc3c12. The van der Waals surface area contributed by atoms with Gasteiger partial charge in [-0.05, 0) is 25.0 Å². The summed E-state index contributed by atoms with van der Waals surface area (Å²) in [5, 5.41) is 10.3. The second kappa shape index (κ2) is 9.03. The van der Waals surface area contributed by atoms with E-state index in [1.54, 1.807) is 0 Å². The summed E-state index contributed by atoms with van der Waals surface area (Å²) < 4.78 is 2.20. The molecule has 4 rings (SSSR count). The number of nitrogens with zero attached hydrogens (tertiary/aromatic N) is 2. The molecule has 0 saturated carbocycles. The molecule has 0 fully saturated rings. The lowest BCUT2D eigenvalue weighted by Crippen LogP contribution is -2.36. The van der Waals surface area contributed by atoms with Gasteiger partial charge in [-0.2, -0.15) is 0 Å². The van der Waals surface area contributed by atoms with E-state index in [1.165, 1.54) is 5.39 Å². The van der Waals surface area contributed by atoms with Gasteiger partial charge in [-0.15, -0.1) is 0 Å². The third kappa shape index (κ3) is 3.90. The highest BCUT2D eigenvalue weighted by molar-refractivity contribution is 6.09. The summed E-state index contributed by atoms with van der Waals surface area (Å²) in [6.45, 7) is 4.09. The van der Waals surface area contributed by atoms with Gasteiger partial charge in [-0.1, -0.05) is 49.7 Å². The Hall–Kier alpha value is -3.28. The zero-order chi connectivity index (χ0) is 20.9. The molecule has 2 aromatic heterocycles. The van der Waals surface area contributed by atoms with Crippen LogP contribution in [0, 0.1) is 0 Å². The van der Waals surface area contributed by atoms with Crippen LogP contribution in [0.3, 0.4) is 0 Å². The van der Waals surface area contributed by atoms with Crippen LogP contribution in [0.4, 0.5) is 4.79 Å².